The molecule has 16 heavy (non-hydrogen) atoms. The van der Waals surface area contributed by atoms with Crippen molar-refractivity contribution in [3.8, 4) is 0 Å². The smallest absolute Gasteiger partial charge is 0.252 e. The molecule has 0 amide bonds. The summed E-state index contributed by atoms with van der Waals surface area (Å²) in [7, 11) is 0. The third-order valence-electron chi connectivity index (χ3n) is 2.62. The van der Waals surface area contributed by atoms with Crippen LogP contribution < -0.4 is 16.2 Å². The highest BCUT2D eigenvalue weighted by Gasteiger charge is 2.08. The Labute approximate surface area is 94.1 Å². The summed E-state index contributed by atoms with van der Waals surface area (Å²) in [6, 6.07) is 1.47. The SMILES string of the molecule is O=c1cc(NCCN2CCNCC2)nc[nH]1. The van der Waals surface area contributed by atoms with E-state index in [1.54, 1.807) is 0 Å². The molecule has 1 aromatic heterocycles. The molecule has 3 N–H and O–H groups in total. The van der Waals surface area contributed by atoms with Gasteiger partial charge in [-0.2, -0.15) is 0 Å². The first-order valence-corrected chi connectivity index (χ1v) is 5.56. The van der Waals surface area contributed by atoms with E-state index in [-0.39, 0.29) is 5.56 Å². The monoisotopic (exact) mass is 223 g/mol. The van der Waals surface area contributed by atoms with Gasteiger partial charge in [-0.25, -0.2) is 4.98 Å². The zero-order valence-electron chi connectivity index (χ0n) is 9.20. The summed E-state index contributed by atoms with van der Waals surface area (Å²) >= 11 is 0. The number of nitrogens with one attached hydrogen (secondary N) is 3. The Morgan fingerprint density at radius 1 is 1.44 bits per heavy atom. The van der Waals surface area contributed by atoms with Crippen LogP contribution in [-0.4, -0.2) is 54.1 Å². The Kier molecular flexibility index (Phi) is 3.90. The molecule has 1 aliphatic rings. The summed E-state index contributed by atoms with van der Waals surface area (Å²) in [6.07, 6.45) is 1.41. The Bertz CT molecular complexity index is 371. The van der Waals surface area contributed by atoms with E-state index in [1.807, 2.05) is 0 Å². The van der Waals surface area contributed by atoms with Gasteiger partial charge < -0.3 is 15.6 Å². The van der Waals surface area contributed by atoms with Gasteiger partial charge in [-0.3, -0.25) is 9.69 Å². The maximum atomic E-state index is 11.0. The summed E-state index contributed by atoms with van der Waals surface area (Å²) in [5.41, 5.74) is -0.125. The average molecular weight is 223 g/mol. The summed E-state index contributed by atoms with van der Waals surface area (Å²) in [5.74, 6) is 0.638. The van der Waals surface area contributed by atoms with Crippen LogP contribution >= 0.6 is 0 Å². The minimum absolute atomic E-state index is 0.125. The number of H-pyrrole nitrogens is 1. The van der Waals surface area contributed by atoms with Crippen molar-refractivity contribution in [2.24, 2.45) is 0 Å². The number of piperazine rings is 1. The van der Waals surface area contributed by atoms with Gasteiger partial charge >= 0.3 is 0 Å². The van der Waals surface area contributed by atoms with Gasteiger partial charge in [0.15, 0.2) is 0 Å². The van der Waals surface area contributed by atoms with Gasteiger partial charge in [-0.15, -0.1) is 0 Å². The fourth-order valence-electron chi connectivity index (χ4n) is 1.74. The molecular weight excluding hydrogens is 206 g/mol. The summed E-state index contributed by atoms with van der Waals surface area (Å²) < 4.78 is 0. The van der Waals surface area contributed by atoms with Crippen LogP contribution in [0.25, 0.3) is 0 Å². The van der Waals surface area contributed by atoms with E-state index in [2.05, 4.69) is 25.5 Å². The summed E-state index contributed by atoms with van der Waals surface area (Å²) in [5, 5.41) is 6.45. The number of nitrogens with zero attached hydrogens (tertiary/aromatic N) is 2. The predicted octanol–water partition coefficient (Wildman–Crippen LogP) is -0.913. The second-order valence-corrected chi connectivity index (χ2v) is 3.81. The highest BCUT2D eigenvalue weighted by atomic mass is 16.1. The molecule has 0 atom stereocenters. The van der Waals surface area contributed by atoms with Crippen LogP contribution in [0.1, 0.15) is 0 Å². The Morgan fingerprint density at radius 3 is 3.00 bits per heavy atom. The van der Waals surface area contributed by atoms with E-state index in [4.69, 9.17) is 0 Å². The van der Waals surface area contributed by atoms with Crippen LogP contribution in [0.4, 0.5) is 5.82 Å². The van der Waals surface area contributed by atoms with Gasteiger partial charge in [0.05, 0.1) is 6.33 Å². The number of aromatic nitrogens is 2. The third-order valence-corrected chi connectivity index (χ3v) is 2.62. The number of rotatable bonds is 4. The van der Waals surface area contributed by atoms with E-state index in [1.165, 1.54) is 12.4 Å². The zero-order valence-corrected chi connectivity index (χ0v) is 9.20. The molecule has 0 bridgehead atoms. The largest absolute Gasteiger partial charge is 0.369 e. The molecule has 1 aromatic rings. The fraction of sp³-hybridized carbons (Fsp3) is 0.600. The first-order valence-electron chi connectivity index (χ1n) is 5.56. The minimum atomic E-state index is -0.125. The molecule has 1 fully saturated rings. The molecule has 6 nitrogen and oxygen atoms in total. The Hall–Kier alpha value is -1.40. The number of aromatic amines is 1. The van der Waals surface area contributed by atoms with E-state index in [0.29, 0.717) is 5.82 Å². The molecule has 0 spiro atoms. The van der Waals surface area contributed by atoms with Gasteiger partial charge in [0.1, 0.15) is 5.82 Å². The van der Waals surface area contributed by atoms with E-state index < -0.39 is 0 Å². The molecule has 2 rings (SSSR count). The minimum Gasteiger partial charge on any atom is -0.369 e. The molecule has 0 aliphatic carbocycles. The summed E-state index contributed by atoms with van der Waals surface area (Å²) in [6.45, 7) is 6.09. The van der Waals surface area contributed by atoms with Gasteiger partial charge in [0.25, 0.3) is 5.56 Å². The second-order valence-electron chi connectivity index (χ2n) is 3.81. The van der Waals surface area contributed by atoms with Crippen LogP contribution in [0.15, 0.2) is 17.2 Å². The molecule has 6 heteroatoms. The zero-order chi connectivity index (χ0) is 11.2. The van der Waals surface area contributed by atoms with E-state index >= 15 is 0 Å². The molecule has 0 saturated carbocycles. The molecule has 1 saturated heterocycles. The van der Waals surface area contributed by atoms with Gasteiger partial charge in [0, 0.05) is 45.3 Å². The summed E-state index contributed by atoms with van der Waals surface area (Å²) in [4.78, 5) is 19.9. The highest BCUT2D eigenvalue weighted by molar-refractivity contribution is 5.31. The molecule has 0 radical (unpaired) electrons. The van der Waals surface area contributed by atoms with Gasteiger partial charge in [-0.05, 0) is 0 Å². The highest BCUT2D eigenvalue weighted by Crippen LogP contribution is 1.95. The van der Waals surface area contributed by atoms with Gasteiger partial charge in [-0.1, -0.05) is 0 Å². The van der Waals surface area contributed by atoms with Crippen molar-refractivity contribution >= 4 is 5.82 Å². The normalized spacial score (nSPS) is 17.2. The lowest BCUT2D eigenvalue weighted by atomic mass is 10.3. The average Bonchev–Trinajstić information content (AvgIpc) is 2.30. The molecule has 1 aliphatic heterocycles. The number of hydrogen-bond acceptors (Lipinski definition) is 5. The fourth-order valence-corrected chi connectivity index (χ4v) is 1.74. The van der Waals surface area contributed by atoms with Crippen molar-refractivity contribution in [3.05, 3.63) is 22.7 Å². The van der Waals surface area contributed by atoms with Crippen molar-refractivity contribution in [3.63, 3.8) is 0 Å². The first-order chi connectivity index (χ1) is 7.84. The Morgan fingerprint density at radius 2 is 2.25 bits per heavy atom. The quantitative estimate of drug-likeness (QED) is 0.616. The molecule has 2 heterocycles. The maximum absolute atomic E-state index is 11.0. The standard InChI is InChI=1S/C10H17N5O/c16-10-7-9(13-8-14-10)12-3-6-15-4-1-11-2-5-15/h7-8,11H,1-6H2,(H2,12,13,14,16). The van der Waals surface area contributed by atoms with Gasteiger partial charge in [0.2, 0.25) is 0 Å². The molecule has 0 unspecified atom stereocenters. The van der Waals surface area contributed by atoms with Crippen LogP contribution in [0.5, 0.6) is 0 Å². The van der Waals surface area contributed by atoms with Crippen molar-refractivity contribution < 1.29 is 0 Å². The van der Waals surface area contributed by atoms with Crippen LogP contribution in [-0.2, 0) is 0 Å². The lowest BCUT2D eigenvalue weighted by Crippen LogP contribution is -2.45. The second kappa shape index (κ2) is 5.62. The molecule has 0 aromatic carbocycles. The number of anilines is 1. The number of hydrogen-bond donors (Lipinski definition) is 3. The van der Waals surface area contributed by atoms with E-state index in [9.17, 15) is 4.79 Å². The van der Waals surface area contributed by atoms with Crippen molar-refractivity contribution in [1.29, 1.82) is 0 Å². The maximum Gasteiger partial charge on any atom is 0.252 e. The predicted molar refractivity (Wildman–Crippen MR) is 62.7 cm³/mol. The Balaban J connectivity index is 1.73. The lowest BCUT2D eigenvalue weighted by molar-refractivity contribution is 0.249. The first kappa shape index (κ1) is 11.1. The van der Waals surface area contributed by atoms with Crippen molar-refractivity contribution in [2.45, 2.75) is 0 Å². The van der Waals surface area contributed by atoms with Crippen LogP contribution in [0.2, 0.25) is 0 Å². The molecular formula is C10H17N5O. The van der Waals surface area contributed by atoms with Crippen molar-refractivity contribution in [1.82, 2.24) is 20.2 Å². The lowest BCUT2D eigenvalue weighted by Gasteiger charge is -2.27. The van der Waals surface area contributed by atoms with Crippen molar-refractivity contribution in [2.75, 3.05) is 44.6 Å². The topological polar surface area (TPSA) is 73.1 Å². The van der Waals surface area contributed by atoms with E-state index in [0.717, 1.165) is 39.3 Å². The van der Waals surface area contributed by atoms with Crippen LogP contribution in [0, 0.1) is 0 Å². The third kappa shape index (κ3) is 3.32. The van der Waals surface area contributed by atoms with Crippen LogP contribution in [0.3, 0.4) is 0 Å². The molecule has 88 valence electrons.